The molecule has 18 heavy (non-hydrogen) atoms. The number of anilines is 1. The topological polar surface area (TPSA) is 78.4 Å². The van der Waals surface area contributed by atoms with Crippen molar-refractivity contribution in [3.05, 3.63) is 29.8 Å². The normalized spacial score (nSPS) is 21.9. The van der Waals surface area contributed by atoms with E-state index in [4.69, 9.17) is 5.11 Å². The summed E-state index contributed by atoms with van der Waals surface area (Å²) in [5, 5.41) is 14.2. The number of hydrogen-bond donors (Lipinski definition) is 3. The first-order valence-electron chi connectivity index (χ1n) is 5.91. The third kappa shape index (κ3) is 3.07. The van der Waals surface area contributed by atoms with Crippen LogP contribution in [-0.2, 0) is 9.59 Å². The molecule has 5 heteroatoms. The third-order valence-electron chi connectivity index (χ3n) is 2.96. The van der Waals surface area contributed by atoms with Gasteiger partial charge in [0.15, 0.2) is 0 Å². The van der Waals surface area contributed by atoms with Gasteiger partial charge in [0.2, 0.25) is 0 Å². The second-order valence-electron chi connectivity index (χ2n) is 4.62. The van der Waals surface area contributed by atoms with Crippen LogP contribution in [-0.4, -0.2) is 29.1 Å². The predicted molar refractivity (Wildman–Crippen MR) is 67.0 cm³/mol. The molecule has 0 unspecified atom stereocenters. The van der Waals surface area contributed by atoms with Gasteiger partial charge in [0.05, 0.1) is 6.10 Å². The Kier molecular flexibility index (Phi) is 3.62. The van der Waals surface area contributed by atoms with Crippen LogP contribution < -0.4 is 10.6 Å². The Morgan fingerprint density at radius 1 is 1.17 bits per heavy atom. The van der Waals surface area contributed by atoms with Gasteiger partial charge in [-0.05, 0) is 31.9 Å². The maximum atomic E-state index is 11.6. The molecule has 0 saturated heterocycles. The molecular weight excluding hydrogens is 232 g/mol. The first-order chi connectivity index (χ1) is 8.54. The lowest BCUT2D eigenvalue weighted by Gasteiger charge is -2.31. The van der Waals surface area contributed by atoms with E-state index < -0.39 is 11.8 Å². The summed E-state index contributed by atoms with van der Waals surface area (Å²) < 4.78 is 0. The van der Waals surface area contributed by atoms with Crippen molar-refractivity contribution in [2.75, 3.05) is 5.32 Å². The lowest BCUT2D eigenvalue weighted by Crippen LogP contribution is -2.49. The zero-order valence-electron chi connectivity index (χ0n) is 10.1. The van der Waals surface area contributed by atoms with Crippen LogP contribution in [0.5, 0.6) is 0 Å². The van der Waals surface area contributed by atoms with Crippen molar-refractivity contribution >= 4 is 17.5 Å². The molecule has 5 nitrogen and oxygen atoms in total. The predicted octanol–water partition coefficient (Wildman–Crippen LogP) is 0.573. The average Bonchev–Trinajstić information content (AvgIpc) is 2.30. The summed E-state index contributed by atoms with van der Waals surface area (Å²) in [4.78, 5) is 23.1. The lowest BCUT2D eigenvalue weighted by molar-refractivity contribution is -0.137. The summed E-state index contributed by atoms with van der Waals surface area (Å²) in [6.07, 6.45) is 0.683. The highest BCUT2D eigenvalue weighted by atomic mass is 16.3. The quantitative estimate of drug-likeness (QED) is 0.670. The fourth-order valence-electron chi connectivity index (χ4n) is 1.78. The Labute approximate surface area is 105 Å². The Morgan fingerprint density at radius 2 is 1.78 bits per heavy atom. The van der Waals surface area contributed by atoms with Crippen LogP contribution in [0.2, 0.25) is 0 Å². The Morgan fingerprint density at radius 3 is 2.33 bits per heavy atom. The summed E-state index contributed by atoms with van der Waals surface area (Å²) in [5.41, 5.74) is 1.68. The summed E-state index contributed by atoms with van der Waals surface area (Å²) in [6, 6.07) is 7.11. The fourth-order valence-corrected chi connectivity index (χ4v) is 1.78. The molecule has 0 aliphatic heterocycles. The second kappa shape index (κ2) is 5.18. The molecule has 1 aromatic rings. The SMILES string of the molecule is Cc1ccc(NC(=O)C(=O)NC2CC(O)C2)cc1. The zero-order chi connectivity index (χ0) is 13.1. The van der Waals surface area contributed by atoms with Gasteiger partial charge in [0.25, 0.3) is 0 Å². The maximum absolute atomic E-state index is 11.6. The van der Waals surface area contributed by atoms with Gasteiger partial charge in [0.1, 0.15) is 0 Å². The summed E-state index contributed by atoms with van der Waals surface area (Å²) in [6.45, 7) is 1.94. The molecule has 1 aliphatic carbocycles. The molecule has 1 aliphatic rings. The molecule has 1 aromatic carbocycles. The van der Waals surface area contributed by atoms with Gasteiger partial charge in [-0.3, -0.25) is 9.59 Å². The van der Waals surface area contributed by atoms with Gasteiger partial charge in [-0.2, -0.15) is 0 Å². The first kappa shape index (κ1) is 12.6. The van der Waals surface area contributed by atoms with E-state index in [0.29, 0.717) is 18.5 Å². The maximum Gasteiger partial charge on any atom is 0.313 e. The number of amides is 2. The fraction of sp³-hybridized carbons (Fsp3) is 0.385. The van der Waals surface area contributed by atoms with Crippen LogP contribution in [0.15, 0.2) is 24.3 Å². The van der Waals surface area contributed by atoms with Crippen LogP contribution in [0.25, 0.3) is 0 Å². The summed E-state index contributed by atoms with van der Waals surface area (Å²) in [7, 11) is 0. The number of hydrogen-bond acceptors (Lipinski definition) is 3. The van der Waals surface area contributed by atoms with Crippen molar-refractivity contribution in [1.29, 1.82) is 0 Å². The highest BCUT2D eigenvalue weighted by Gasteiger charge is 2.30. The molecule has 0 atom stereocenters. The smallest absolute Gasteiger partial charge is 0.313 e. The highest BCUT2D eigenvalue weighted by molar-refractivity contribution is 6.39. The molecule has 96 valence electrons. The van der Waals surface area contributed by atoms with Crippen LogP contribution in [0, 0.1) is 6.92 Å². The van der Waals surface area contributed by atoms with Gasteiger partial charge >= 0.3 is 11.8 Å². The standard InChI is InChI=1S/C13H16N2O3/c1-8-2-4-9(5-3-8)14-12(17)13(18)15-10-6-11(16)7-10/h2-5,10-11,16H,6-7H2,1H3,(H,14,17)(H,15,18). The first-order valence-corrected chi connectivity index (χ1v) is 5.91. The highest BCUT2D eigenvalue weighted by Crippen LogP contribution is 2.19. The van der Waals surface area contributed by atoms with Crippen molar-refractivity contribution in [2.45, 2.75) is 31.9 Å². The van der Waals surface area contributed by atoms with E-state index in [1.54, 1.807) is 12.1 Å². The Balaban J connectivity index is 1.83. The molecular formula is C13H16N2O3. The van der Waals surface area contributed by atoms with E-state index in [9.17, 15) is 9.59 Å². The van der Waals surface area contributed by atoms with Crippen molar-refractivity contribution in [2.24, 2.45) is 0 Å². The number of carbonyl (C=O) groups is 2. The third-order valence-corrected chi connectivity index (χ3v) is 2.96. The van der Waals surface area contributed by atoms with Crippen LogP contribution in [0.4, 0.5) is 5.69 Å². The van der Waals surface area contributed by atoms with E-state index in [-0.39, 0.29) is 12.1 Å². The van der Waals surface area contributed by atoms with E-state index in [1.165, 1.54) is 0 Å². The largest absolute Gasteiger partial charge is 0.393 e. The Bertz CT molecular complexity index is 450. The summed E-state index contributed by atoms with van der Waals surface area (Å²) >= 11 is 0. The van der Waals surface area contributed by atoms with Crippen LogP contribution in [0.3, 0.4) is 0 Å². The minimum Gasteiger partial charge on any atom is -0.393 e. The van der Waals surface area contributed by atoms with E-state index in [1.807, 2.05) is 19.1 Å². The van der Waals surface area contributed by atoms with Gasteiger partial charge in [0, 0.05) is 11.7 Å². The number of benzene rings is 1. The molecule has 2 amide bonds. The number of nitrogens with one attached hydrogen (secondary N) is 2. The number of aliphatic hydroxyl groups excluding tert-OH is 1. The van der Waals surface area contributed by atoms with Crippen LogP contribution in [0.1, 0.15) is 18.4 Å². The molecule has 2 rings (SSSR count). The molecule has 0 spiro atoms. The molecule has 1 fully saturated rings. The second-order valence-corrected chi connectivity index (χ2v) is 4.62. The molecule has 0 heterocycles. The van der Waals surface area contributed by atoms with Crippen LogP contribution >= 0.6 is 0 Å². The lowest BCUT2D eigenvalue weighted by atomic mass is 9.89. The number of carbonyl (C=O) groups excluding carboxylic acids is 2. The number of aliphatic hydroxyl groups is 1. The van der Waals surface area contributed by atoms with E-state index in [2.05, 4.69) is 10.6 Å². The van der Waals surface area contributed by atoms with Gasteiger partial charge in [-0.25, -0.2) is 0 Å². The number of aryl methyl sites for hydroxylation is 1. The van der Waals surface area contributed by atoms with Crippen molar-refractivity contribution in [1.82, 2.24) is 5.32 Å². The van der Waals surface area contributed by atoms with E-state index >= 15 is 0 Å². The molecule has 0 radical (unpaired) electrons. The van der Waals surface area contributed by atoms with Crippen molar-refractivity contribution in [3.8, 4) is 0 Å². The van der Waals surface area contributed by atoms with Crippen molar-refractivity contribution < 1.29 is 14.7 Å². The molecule has 0 bridgehead atoms. The monoisotopic (exact) mass is 248 g/mol. The van der Waals surface area contributed by atoms with Gasteiger partial charge in [-0.15, -0.1) is 0 Å². The van der Waals surface area contributed by atoms with E-state index in [0.717, 1.165) is 5.56 Å². The minimum atomic E-state index is -0.680. The van der Waals surface area contributed by atoms with Gasteiger partial charge in [-0.1, -0.05) is 17.7 Å². The Hall–Kier alpha value is -1.88. The molecule has 3 N–H and O–H groups in total. The minimum absolute atomic E-state index is 0.0868. The van der Waals surface area contributed by atoms with Gasteiger partial charge < -0.3 is 15.7 Å². The zero-order valence-corrected chi connectivity index (χ0v) is 10.1. The average molecular weight is 248 g/mol. The summed E-state index contributed by atoms with van der Waals surface area (Å²) in [5.74, 6) is -1.34. The molecule has 1 saturated carbocycles. The molecule has 0 aromatic heterocycles. The van der Waals surface area contributed by atoms with Crippen molar-refractivity contribution in [3.63, 3.8) is 0 Å². The number of rotatable bonds is 2.